The lowest BCUT2D eigenvalue weighted by Crippen LogP contribution is -2.46. The van der Waals surface area contributed by atoms with E-state index in [1.165, 1.54) is 0 Å². The van der Waals surface area contributed by atoms with Gasteiger partial charge in [0.1, 0.15) is 0 Å². The van der Waals surface area contributed by atoms with Crippen LogP contribution in [0.1, 0.15) is 37.7 Å². The van der Waals surface area contributed by atoms with Crippen molar-refractivity contribution in [1.82, 2.24) is 10.2 Å². The van der Waals surface area contributed by atoms with Gasteiger partial charge in [-0.1, -0.05) is 35.5 Å². The van der Waals surface area contributed by atoms with Crippen molar-refractivity contribution < 1.29 is 14.4 Å². The quantitative estimate of drug-likeness (QED) is 0.906. The maximum atomic E-state index is 12.7. The van der Waals surface area contributed by atoms with E-state index >= 15 is 0 Å². The van der Waals surface area contributed by atoms with Crippen molar-refractivity contribution in [3.8, 4) is 0 Å². The zero-order chi connectivity index (χ0) is 17.2. The molecule has 6 nitrogen and oxygen atoms in total. The molecule has 1 saturated heterocycles. The number of hydrogen-bond donors (Lipinski definition) is 1. The Kier molecular flexibility index (Phi) is 4.42. The van der Waals surface area contributed by atoms with Crippen LogP contribution in [0.3, 0.4) is 0 Å². The summed E-state index contributed by atoms with van der Waals surface area (Å²) in [7, 11) is 0. The number of piperidine rings is 1. The third-order valence-electron chi connectivity index (χ3n) is 5.15. The SMILES string of the molecule is O=C(NC1CC1)C1CCN(C(=O)C2CC(c3ccccc3)=NO2)CC1. The van der Waals surface area contributed by atoms with Crippen molar-refractivity contribution in [3.63, 3.8) is 0 Å². The van der Waals surface area contributed by atoms with Crippen LogP contribution in [0.2, 0.25) is 0 Å². The van der Waals surface area contributed by atoms with Gasteiger partial charge in [0.2, 0.25) is 12.0 Å². The molecule has 4 rings (SSSR count). The molecule has 2 aliphatic heterocycles. The third kappa shape index (κ3) is 3.67. The molecule has 0 radical (unpaired) electrons. The molecule has 2 amide bonds. The van der Waals surface area contributed by atoms with Crippen LogP contribution in [0.4, 0.5) is 0 Å². The molecule has 1 aliphatic carbocycles. The molecule has 1 saturated carbocycles. The number of likely N-dealkylation sites (tertiary alicyclic amines) is 1. The van der Waals surface area contributed by atoms with Gasteiger partial charge < -0.3 is 15.1 Å². The summed E-state index contributed by atoms with van der Waals surface area (Å²) in [5.41, 5.74) is 1.81. The minimum atomic E-state index is -0.535. The zero-order valence-electron chi connectivity index (χ0n) is 14.2. The van der Waals surface area contributed by atoms with Gasteiger partial charge in [0.15, 0.2) is 0 Å². The summed E-state index contributed by atoms with van der Waals surface area (Å²) >= 11 is 0. The predicted octanol–water partition coefficient (Wildman–Crippen LogP) is 1.70. The number of carbonyl (C=O) groups excluding carboxylic acids is 2. The molecule has 0 aromatic heterocycles. The number of benzene rings is 1. The van der Waals surface area contributed by atoms with E-state index < -0.39 is 6.10 Å². The summed E-state index contributed by atoms with van der Waals surface area (Å²) in [4.78, 5) is 32.0. The van der Waals surface area contributed by atoms with Gasteiger partial charge in [-0.2, -0.15) is 0 Å². The van der Waals surface area contributed by atoms with Crippen molar-refractivity contribution in [2.45, 2.75) is 44.2 Å². The molecular formula is C19H23N3O3. The largest absolute Gasteiger partial charge is 0.382 e. The van der Waals surface area contributed by atoms with Crippen LogP contribution >= 0.6 is 0 Å². The molecular weight excluding hydrogens is 318 g/mol. The van der Waals surface area contributed by atoms with Crippen molar-refractivity contribution >= 4 is 17.5 Å². The lowest BCUT2D eigenvalue weighted by molar-refractivity contribution is -0.144. The Balaban J connectivity index is 1.27. The van der Waals surface area contributed by atoms with E-state index in [0.717, 1.165) is 37.0 Å². The number of rotatable bonds is 4. The van der Waals surface area contributed by atoms with Crippen LogP contribution in [0.15, 0.2) is 35.5 Å². The highest BCUT2D eigenvalue weighted by Crippen LogP contribution is 2.24. The van der Waals surface area contributed by atoms with Crippen LogP contribution in [-0.4, -0.2) is 47.7 Å². The summed E-state index contributed by atoms with van der Waals surface area (Å²) in [5, 5.41) is 7.15. The van der Waals surface area contributed by atoms with Crippen molar-refractivity contribution in [3.05, 3.63) is 35.9 Å². The first kappa shape index (κ1) is 16.1. The van der Waals surface area contributed by atoms with E-state index in [2.05, 4.69) is 10.5 Å². The summed E-state index contributed by atoms with van der Waals surface area (Å²) in [5.74, 6) is 0.169. The minimum absolute atomic E-state index is 0.0178. The number of nitrogens with zero attached hydrogens (tertiary/aromatic N) is 2. The second-order valence-electron chi connectivity index (χ2n) is 7.08. The van der Waals surface area contributed by atoms with E-state index in [1.54, 1.807) is 0 Å². The summed E-state index contributed by atoms with van der Waals surface area (Å²) < 4.78 is 0. The highest BCUT2D eigenvalue weighted by molar-refractivity contribution is 6.04. The van der Waals surface area contributed by atoms with Crippen LogP contribution in [0.5, 0.6) is 0 Å². The van der Waals surface area contributed by atoms with Gasteiger partial charge >= 0.3 is 0 Å². The Morgan fingerprint density at radius 2 is 1.80 bits per heavy atom. The Bertz CT molecular complexity index is 676. The van der Waals surface area contributed by atoms with Crippen molar-refractivity contribution in [2.75, 3.05) is 13.1 Å². The molecule has 0 spiro atoms. The molecule has 1 atom stereocenters. The van der Waals surface area contributed by atoms with Gasteiger partial charge in [-0.15, -0.1) is 0 Å². The lowest BCUT2D eigenvalue weighted by atomic mass is 9.95. The van der Waals surface area contributed by atoms with E-state index in [-0.39, 0.29) is 17.7 Å². The fourth-order valence-corrected chi connectivity index (χ4v) is 3.42. The van der Waals surface area contributed by atoms with Crippen LogP contribution in [0, 0.1) is 5.92 Å². The topological polar surface area (TPSA) is 71.0 Å². The first-order valence-electron chi connectivity index (χ1n) is 9.08. The van der Waals surface area contributed by atoms with Gasteiger partial charge in [-0.3, -0.25) is 9.59 Å². The standard InChI is InChI=1S/C19H23N3O3/c23-18(20-15-6-7-15)14-8-10-22(11-9-14)19(24)17-12-16(21-25-17)13-4-2-1-3-5-13/h1-5,14-15,17H,6-12H2,(H,20,23). The Hall–Kier alpha value is -2.37. The average molecular weight is 341 g/mol. The van der Waals surface area contributed by atoms with Crippen molar-refractivity contribution in [2.24, 2.45) is 11.1 Å². The van der Waals surface area contributed by atoms with Crippen LogP contribution < -0.4 is 5.32 Å². The molecule has 1 aromatic carbocycles. The smallest absolute Gasteiger partial charge is 0.266 e. The molecule has 132 valence electrons. The van der Waals surface area contributed by atoms with E-state index in [0.29, 0.717) is 25.6 Å². The number of nitrogens with one attached hydrogen (secondary N) is 1. The summed E-state index contributed by atoms with van der Waals surface area (Å²) in [6.07, 6.45) is 3.63. The van der Waals surface area contributed by atoms with Gasteiger partial charge in [0.25, 0.3) is 5.91 Å². The van der Waals surface area contributed by atoms with Gasteiger partial charge in [-0.25, -0.2) is 0 Å². The van der Waals surface area contributed by atoms with Crippen LogP contribution in [0.25, 0.3) is 0 Å². The second-order valence-corrected chi connectivity index (χ2v) is 7.08. The average Bonchev–Trinajstić information content (AvgIpc) is 3.34. The third-order valence-corrected chi connectivity index (χ3v) is 5.15. The Morgan fingerprint density at radius 3 is 2.48 bits per heavy atom. The van der Waals surface area contributed by atoms with E-state index in [9.17, 15) is 9.59 Å². The highest BCUT2D eigenvalue weighted by Gasteiger charge is 2.36. The molecule has 1 N–H and O–H groups in total. The van der Waals surface area contributed by atoms with Gasteiger partial charge in [-0.05, 0) is 31.2 Å². The Labute approximate surface area is 147 Å². The molecule has 3 aliphatic rings. The van der Waals surface area contributed by atoms with E-state index in [4.69, 9.17) is 4.84 Å². The minimum Gasteiger partial charge on any atom is -0.382 e. The van der Waals surface area contributed by atoms with Gasteiger partial charge in [0, 0.05) is 31.5 Å². The first-order valence-corrected chi connectivity index (χ1v) is 9.08. The number of carbonyl (C=O) groups is 2. The molecule has 0 bridgehead atoms. The predicted molar refractivity (Wildman–Crippen MR) is 92.9 cm³/mol. The molecule has 25 heavy (non-hydrogen) atoms. The fraction of sp³-hybridized carbons (Fsp3) is 0.526. The number of oxime groups is 1. The van der Waals surface area contributed by atoms with Crippen LogP contribution in [-0.2, 0) is 14.4 Å². The first-order chi connectivity index (χ1) is 12.2. The number of amides is 2. The Morgan fingerprint density at radius 1 is 1.08 bits per heavy atom. The highest BCUT2D eigenvalue weighted by atomic mass is 16.6. The molecule has 6 heteroatoms. The number of hydrogen-bond acceptors (Lipinski definition) is 4. The summed E-state index contributed by atoms with van der Waals surface area (Å²) in [6.45, 7) is 1.23. The van der Waals surface area contributed by atoms with E-state index in [1.807, 2.05) is 35.2 Å². The van der Waals surface area contributed by atoms with Crippen molar-refractivity contribution in [1.29, 1.82) is 0 Å². The molecule has 2 heterocycles. The fourth-order valence-electron chi connectivity index (χ4n) is 3.42. The maximum absolute atomic E-state index is 12.7. The zero-order valence-corrected chi connectivity index (χ0v) is 14.2. The monoisotopic (exact) mass is 341 g/mol. The molecule has 1 aromatic rings. The second kappa shape index (κ2) is 6.86. The molecule has 1 unspecified atom stereocenters. The maximum Gasteiger partial charge on any atom is 0.266 e. The summed E-state index contributed by atoms with van der Waals surface area (Å²) in [6, 6.07) is 10.2. The lowest BCUT2D eigenvalue weighted by Gasteiger charge is -2.32. The molecule has 2 fully saturated rings. The van der Waals surface area contributed by atoms with Gasteiger partial charge in [0.05, 0.1) is 5.71 Å². The normalized spacial score (nSPS) is 23.8.